The zero-order valence-electron chi connectivity index (χ0n) is 13.6. The molecule has 1 N–H and O–H groups in total. The summed E-state index contributed by atoms with van der Waals surface area (Å²) >= 11 is 0. The summed E-state index contributed by atoms with van der Waals surface area (Å²) in [6.45, 7) is 2.45. The lowest BCUT2D eigenvalue weighted by Gasteiger charge is -2.34. The normalized spacial score (nSPS) is 17.4. The number of aryl methyl sites for hydroxylation is 1. The number of pyridine rings is 2. The minimum Gasteiger partial charge on any atom is -0.326 e. The first-order valence-corrected chi connectivity index (χ1v) is 8.09. The van der Waals surface area contributed by atoms with Gasteiger partial charge >= 0.3 is 11.8 Å². The Kier molecular flexibility index (Phi) is 4.84. The maximum atomic E-state index is 12.6. The molecule has 2 aromatic rings. The monoisotopic (exact) mass is 324 g/mol. The van der Waals surface area contributed by atoms with Gasteiger partial charge in [0.25, 0.3) is 0 Å². The van der Waals surface area contributed by atoms with Gasteiger partial charge in [0.1, 0.15) is 0 Å². The molecule has 0 saturated carbocycles. The van der Waals surface area contributed by atoms with Crippen LogP contribution in [0.2, 0.25) is 0 Å². The summed E-state index contributed by atoms with van der Waals surface area (Å²) in [5.41, 5.74) is 2.28. The second-order valence-corrected chi connectivity index (χ2v) is 5.97. The van der Waals surface area contributed by atoms with Crippen LogP contribution in [0.25, 0.3) is 0 Å². The minimum atomic E-state index is -0.634. The maximum absolute atomic E-state index is 12.6. The van der Waals surface area contributed by atoms with Crippen LogP contribution in [0.4, 0.5) is 5.69 Å². The molecule has 1 unspecified atom stereocenters. The molecule has 124 valence electrons. The van der Waals surface area contributed by atoms with E-state index in [0.29, 0.717) is 12.2 Å². The number of rotatable bonds is 2. The summed E-state index contributed by atoms with van der Waals surface area (Å²) in [5.74, 6) is -1.16. The van der Waals surface area contributed by atoms with Crippen LogP contribution in [-0.2, 0) is 9.59 Å². The molecule has 6 heteroatoms. The number of likely N-dealkylation sites (tertiary alicyclic amines) is 1. The van der Waals surface area contributed by atoms with E-state index in [-0.39, 0.29) is 6.04 Å². The third-order valence-electron chi connectivity index (χ3n) is 4.12. The number of amides is 2. The molecule has 2 amide bonds. The molecule has 3 heterocycles. The Hall–Kier alpha value is -2.76. The molecule has 1 saturated heterocycles. The molecule has 24 heavy (non-hydrogen) atoms. The van der Waals surface area contributed by atoms with E-state index in [9.17, 15) is 9.59 Å². The number of hydrogen-bond donors (Lipinski definition) is 1. The van der Waals surface area contributed by atoms with Crippen molar-refractivity contribution < 1.29 is 9.59 Å². The van der Waals surface area contributed by atoms with E-state index in [4.69, 9.17) is 0 Å². The standard InChI is InChI=1S/C18H20N4O2/c1-13-10-14(12-19-11-13)21-17(23)18(24)22-9-5-3-7-16(22)15-6-2-4-8-20-15/h2,4,6,8,10-12,16H,3,5,7,9H2,1H3,(H,21,23). The van der Waals surface area contributed by atoms with Crippen LogP contribution in [0.3, 0.4) is 0 Å². The highest BCUT2D eigenvalue weighted by atomic mass is 16.2. The van der Waals surface area contributed by atoms with E-state index < -0.39 is 11.8 Å². The van der Waals surface area contributed by atoms with Gasteiger partial charge in [0, 0.05) is 18.9 Å². The summed E-state index contributed by atoms with van der Waals surface area (Å²) in [5, 5.41) is 2.64. The molecule has 1 aliphatic rings. The molecule has 0 bridgehead atoms. The SMILES string of the molecule is Cc1cncc(NC(=O)C(=O)N2CCCCC2c2ccccn2)c1. The fourth-order valence-electron chi connectivity index (χ4n) is 2.99. The largest absolute Gasteiger partial charge is 0.326 e. The number of nitrogens with zero attached hydrogens (tertiary/aromatic N) is 3. The Morgan fingerprint density at radius 1 is 1.25 bits per heavy atom. The predicted octanol–water partition coefficient (Wildman–Crippen LogP) is 2.48. The number of carbonyl (C=O) groups excluding carboxylic acids is 2. The van der Waals surface area contributed by atoms with Gasteiger partial charge in [-0.15, -0.1) is 0 Å². The van der Waals surface area contributed by atoms with Crippen LogP contribution >= 0.6 is 0 Å². The summed E-state index contributed by atoms with van der Waals surface area (Å²) in [4.78, 5) is 35.0. The summed E-state index contributed by atoms with van der Waals surface area (Å²) in [6, 6.07) is 7.28. The van der Waals surface area contributed by atoms with E-state index in [2.05, 4.69) is 15.3 Å². The van der Waals surface area contributed by atoms with Crippen LogP contribution < -0.4 is 5.32 Å². The third kappa shape index (κ3) is 3.59. The lowest BCUT2D eigenvalue weighted by molar-refractivity contribution is -0.146. The van der Waals surface area contributed by atoms with Crippen LogP contribution in [-0.4, -0.2) is 33.2 Å². The molecule has 2 aromatic heterocycles. The average Bonchev–Trinajstić information content (AvgIpc) is 2.62. The molecule has 1 aliphatic heterocycles. The number of nitrogens with one attached hydrogen (secondary N) is 1. The predicted molar refractivity (Wildman–Crippen MR) is 90.1 cm³/mol. The molecule has 1 atom stereocenters. The van der Waals surface area contributed by atoms with Gasteiger partial charge in [-0.1, -0.05) is 6.07 Å². The Morgan fingerprint density at radius 2 is 2.12 bits per heavy atom. The van der Waals surface area contributed by atoms with Crippen molar-refractivity contribution in [2.75, 3.05) is 11.9 Å². The van der Waals surface area contributed by atoms with Crippen molar-refractivity contribution in [1.82, 2.24) is 14.9 Å². The first-order valence-electron chi connectivity index (χ1n) is 8.09. The van der Waals surface area contributed by atoms with Gasteiger partial charge in [-0.2, -0.15) is 0 Å². The average molecular weight is 324 g/mol. The van der Waals surface area contributed by atoms with Crippen molar-refractivity contribution in [1.29, 1.82) is 0 Å². The van der Waals surface area contributed by atoms with E-state index in [0.717, 1.165) is 30.5 Å². The van der Waals surface area contributed by atoms with E-state index >= 15 is 0 Å². The van der Waals surface area contributed by atoms with Crippen molar-refractivity contribution in [2.24, 2.45) is 0 Å². The zero-order chi connectivity index (χ0) is 16.9. The van der Waals surface area contributed by atoms with Gasteiger partial charge in [0.15, 0.2) is 0 Å². The highest BCUT2D eigenvalue weighted by Crippen LogP contribution is 2.29. The van der Waals surface area contributed by atoms with E-state index in [1.807, 2.05) is 25.1 Å². The van der Waals surface area contributed by atoms with Crippen molar-refractivity contribution in [3.8, 4) is 0 Å². The lowest BCUT2D eigenvalue weighted by Crippen LogP contribution is -2.44. The van der Waals surface area contributed by atoms with Gasteiger partial charge in [0.05, 0.1) is 23.6 Å². The first-order chi connectivity index (χ1) is 11.6. The lowest BCUT2D eigenvalue weighted by atomic mass is 9.98. The van der Waals surface area contributed by atoms with Crippen LogP contribution in [0, 0.1) is 6.92 Å². The highest BCUT2D eigenvalue weighted by molar-refractivity contribution is 6.39. The van der Waals surface area contributed by atoms with Crippen molar-refractivity contribution in [3.63, 3.8) is 0 Å². The Bertz CT molecular complexity index is 733. The number of aromatic nitrogens is 2. The Morgan fingerprint density at radius 3 is 2.88 bits per heavy atom. The quantitative estimate of drug-likeness (QED) is 0.861. The summed E-state index contributed by atoms with van der Waals surface area (Å²) < 4.78 is 0. The molecule has 3 rings (SSSR count). The van der Waals surface area contributed by atoms with E-state index in [1.54, 1.807) is 23.4 Å². The van der Waals surface area contributed by atoms with Crippen LogP contribution in [0.1, 0.15) is 36.6 Å². The Balaban J connectivity index is 1.75. The van der Waals surface area contributed by atoms with Crippen molar-refractivity contribution >= 4 is 17.5 Å². The van der Waals surface area contributed by atoms with Gasteiger partial charge < -0.3 is 10.2 Å². The summed E-state index contributed by atoms with van der Waals surface area (Å²) in [7, 11) is 0. The fourth-order valence-corrected chi connectivity index (χ4v) is 2.99. The van der Waals surface area contributed by atoms with Gasteiger partial charge in [0.2, 0.25) is 0 Å². The molecular weight excluding hydrogens is 304 g/mol. The highest BCUT2D eigenvalue weighted by Gasteiger charge is 2.32. The maximum Gasteiger partial charge on any atom is 0.313 e. The number of hydrogen-bond acceptors (Lipinski definition) is 4. The molecule has 1 fully saturated rings. The zero-order valence-corrected chi connectivity index (χ0v) is 13.6. The smallest absolute Gasteiger partial charge is 0.313 e. The molecule has 0 aromatic carbocycles. The second-order valence-electron chi connectivity index (χ2n) is 5.97. The van der Waals surface area contributed by atoms with Crippen LogP contribution in [0.5, 0.6) is 0 Å². The van der Waals surface area contributed by atoms with Crippen molar-refractivity contribution in [3.05, 3.63) is 54.1 Å². The minimum absolute atomic E-state index is 0.145. The molecule has 0 spiro atoms. The Labute approximate surface area is 140 Å². The summed E-state index contributed by atoms with van der Waals surface area (Å²) in [6.07, 6.45) is 7.68. The topological polar surface area (TPSA) is 75.2 Å². The van der Waals surface area contributed by atoms with Gasteiger partial charge in [-0.25, -0.2) is 0 Å². The molecule has 0 radical (unpaired) electrons. The molecule has 0 aliphatic carbocycles. The van der Waals surface area contributed by atoms with Crippen molar-refractivity contribution in [2.45, 2.75) is 32.2 Å². The van der Waals surface area contributed by atoms with Crippen LogP contribution in [0.15, 0.2) is 42.9 Å². The number of piperidine rings is 1. The second kappa shape index (κ2) is 7.21. The van der Waals surface area contributed by atoms with E-state index in [1.165, 1.54) is 6.20 Å². The third-order valence-corrected chi connectivity index (χ3v) is 4.12. The van der Waals surface area contributed by atoms with Gasteiger partial charge in [-0.05, 0) is 49.9 Å². The molecular formula is C18H20N4O2. The molecule has 6 nitrogen and oxygen atoms in total. The number of anilines is 1. The fraction of sp³-hybridized carbons (Fsp3) is 0.333. The number of carbonyl (C=O) groups is 2. The first kappa shape index (κ1) is 16.1. The van der Waals surface area contributed by atoms with Gasteiger partial charge in [-0.3, -0.25) is 19.6 Å².